The maximum Gasteiger partial charge on any atom is 0.267 e. The molecule has 1 aromatic carbocycles. The van der Waals surface area contributed by atoms with Gasteiger partial charge in [0.15, 0.2) is 0 Å². The van der Waals surface area contributed by atoms with E-state index in [9.17, 15) is 4.79 Å². The topological polar surface area (TPSA) is 68.0 Å². The van der Waals surface area contributed by atoms with Crippen LogP contribution in [0.25, 0.3) is 0 Å². The van der Waals surface area contributed by atoms with Gasteiger partial charge in [0.1, 0.15) is 5.69 Å². The van der Waals surface area contributed by atoms with Crippen molar-refractivity contribution in [1.82, 2.24) is 4.98 Å². The smallest absolute Gasteiger partial charge is 0.267 e. The number of amides is 1. The zero-order valence-corrected chi connectivity index (χ0v) is 10.8. The van der Waals surface area contributed by atoms with Crippen molar-refractivity contribution in [2.24, 2.45) is 5.73 Å². The van der Waals surface area contributed by atoms with Crippen molar-refractivity contribution in [2.75, 3.05) is 5.32 Å². The standard InChI is InChI=1S/C15H17N3O/c1-11(9-12-5-3-2-4-6-12)18-13-7-8-17-14(10-13)15(16)19/h2-8,10-11H,9H2,1H3,(H2,16,19)(H,17,18). The minimum Gasteiger partial charge on any atom is -0.382 e. The Morgan fingerprint density at radius 2 is 2.05 bits per heavy atom. The van der Waals surface area contributed by atoms with Crippen LogP contribution in [-0.4, -0.2) is 16.9 Å². The minimum atomic E-state index is -0.514. The lowest BCUT2D eigenvalue weighted by Gasteiger charge is -2.15. The second-order valence-electron chi connectivity index (χ2n) is 4.53. The molecule has 1 unspecified atom stereocenters. The number of primary amides is 1. The van der Waals surface area contributed by atoms with E-state index in [4.69, 9.17) is 5.73 Å². The number of carbonyl (C=O) groups excluding carboxylic acids is 1. The van der Waals surface area contributed by atoms with E-state index < -0.39 is 5.91 Å². The van der Waals surface area contributed by atoms with E-state index >= 15 is 0 Å². The highest BCUT2D eigenvalue weighted by molar-refractivity contribution is 5.91. The molecular formula is C15H17N3O. The van der Waals surface area contributed by atoms with Gasteiger partial charge in [-0.3, -0.25) is 9.78 Å². The molecule has 19 heavy (non-hydrogen) atoms. The number of hydrogen-bond donors (Lipinski definition) is 2. The summed E-state index contributed by atoms with van der Waals surface area (Å²) < 4.78 is 0. The molecule has 0 saturated carbocycles. The summed E-state index contributed by atoms with van der Waals surface area (Å²) in [4.78, 5) is 15.0. The molecule has 0 radical (unpaired) electrons. The van der Waals surface area contributed by atoms with Gasteiger partial charge in [-0.25, -0.2) is 0 Å². The lowest BCUT2D eigenvalue weighted by atomic mass is 10.1. The summed E-state index contributed by atoms with van der Waals surface area (Å²) in [5, 5.41) is 3.34. The SMILES string of the molecule is CC(Cc1ccccc1)Nc1ccnc(C(N)=O)c1. The second kappa shape index (κ2) is 6.00. The van der Waals surface area contributed by atoms with Gasteiger partial charge in [-0.15, -0.1) is 0 Å². The fraction of sp³-hybridized carbons (Fsp3) is 0.200. The van der Waals surface area contributed by atoms with Crippen LogP contribution in [0, 0.1) is 0 Å². The zero-order valence-electron chi connectivity index (χ0n) is 10.8. The largest absolute Gasteiger partial charge is 0.382 e. The summed E-state index contributed by atoms with van der Waals surface area (Å²) in [6.07, 6.45) is 2.49. The summed E-state index contributed by atoms with van der Waals surface area (Å²) in [6, 6.07) is 14.0. The molecular weight excluding hydrogens is 238 g/mol. The Morgan fingerprint density at radius 3 is 2.74 bits per heavy atom. The number of anilines is 1. The molecule has 1 amide bonds. The first-order valence-electron chi connectivity index (χ1n) is 6.21. The maximum absolute atomic E-state index is 11.1. The number of nitrogens with two attached hydrogens (primary N) is 1. The Hall–Kier alpha value is -2.36. The number of hydrogen-bond acceptors (Lipinski definition) is 3. The predicted molar refractivity (Wildman–Crippen MR) is 76.0 cm³/mol. The van der Waals surface area contributed by atoms with Crippen LogP contribution in [0.5, 0.6) is 0 Å². The van der Waals surface area contributed by atoms with Gasteiger partial charge >= 0.3 is 0 Å². The Kier molecular flexibility index (Phi) is 4.13. The lowest BCUT2D eigenvalue weighted by Crippen LogP contribution is -2.19. The molecule has 1 aromatic heterocycles. The molecule has 98 valence electrons. The van der Waals surface area contributed by atoms with Crippen LogP contribution in [0.3, 0.4) is 0 Å². The van der Waals surface area contributed by atoms with E-state index in [1.54, 1.807) is 12.3 Å². The summed E-state index contributed by atoms with van der Waals surface area (Å²) >= 11 is 0. The zero-order chi connectivity index (χ0) is 13.7. The molecule has 1 atom stereocenters. The van der Waals surface area contributed by atoms with Crippen molar-refractivity contribution in [3.63, 3.8) is 0 Å². The summed E-state index contributed by atoms with van der Waals surface area (Å²) in [6.45, 7) is 2.09. The quantitative estimate of drug-likeness (QED) is 0.860. The van der Waals surface area contributed by atoms with Crippen LogP contribution in [0.4, 0.5) is 5.69 Å². The van der Waals surface area contributed by atoms with E-state index in [1.165, 1.54) is 5.56 Å². The number of rotatable bonds is 5. The molecule has 0 aliphatic rings. The van der Waals surface area contributed by atoms with Crippen LogP contribution in [0.1, 0.15) is 23.0 Å². The van der Waals surface area contributed by atoms with Crippen LogP contribution in [0.2, 0.25) is 0 Å². The molecule has 2 aromatic rings. The molecule has 4 heteroatoms. The number of nitrogens with zero attached hydrogens (tertiary/aromatic N) is 1. The fourth-order valence-corrected chi connectivity index (χ4v) is 1.96. The molecule has 0 bridgehead atoms. The number of carbonyl (C=O) groups is 1. The molecule has 1 heterocycles. The summed E-state index contributed by atoms with van der Waals surface area (Å²) in [7, 11) is 0. The third-order valence-corrected chi connectivity index (χ3v) is 2.81. The number of aromatic nitrogens is 1. The molecule has 0 aliphatic heterocycles. The monoisotopic (exact) mass is 255 g/mol. The number of benzene rings is 1. The van der Waals surface area contributed by atoms with Crippen molar-refractivity contribution in [3.05, 3.63) is 59.9 Å². The highest BCUT2D eigenvalue weighted by atomic mass is 16.1. The number of pyridine rings is 1. The van der Waals surface area contributed by atoms with Gasteiger partial charge in [0.05, 0.1) is 0 Å². The van der Waals surface area contributed by atoms with E-state index in [1.807, 2.05) is 24.3 Å². The van der Waals surface area contributed by atoms with Crippen molar-refractivity contribution in [1.29, 1.82) is 0 Å². The molecule has 0 spiro atoms. The molecule has 0 fully saturated rings. The molecule has 4 nitrogen and oxygen atoms in total. The molecule has 2 rings (SSSR count). The van der Waals surface area contributed by atoms with Crippen molar-refractivity contribution in [3.8, 4) is 0 Å². The Bertz CT molecular complexity index is 554. The third kappa shape index (κ3) is 3.81. The third-order valence-electron chi connectivity index (χ3n) is 2.81. The van der Waals surface area contributed by atoms with Crippen molar-refractivity contribution >= 4 is 11.6 Å². The lowest BCUT2D eigenvalue weighted by molar-refractivity contribution is 0.0995. The van der Waals surface area contributed by atoms with Crippen molar-refractivity contribution < 1.29 is 4.79 Å². The van der Waals surface area contributed by atoms with E-state index in [-0.39, 0.29) is 11.7 Å². The minimum absolute atomic E-state index is 0.255. The summed E-state index contributed by atoms with van der Waals surface area (Å²) in [5.41, 5.74) is 7.61. The average molecular weight is 255 g/mol. The first kappa shape index (κ1) is 13.1. The van der Waals surface area contributed by atoms with Gasteiger partial charge in [-0.1, -0.05) is 30.3 Å². The highest BCUT2D eigenvalue weighted by Gasteiger charge is 2.06. The van der Waals surface area contributed by atoms with Gasteiger partial charge in [0, 0.05) is 17.9 Å². The normalized spacial score (nSPS) is 11.8. The highest BCUT2D eigenvalue weighted by Crippen LogP contribution is 2.11. The van der Waals surface area contributed by atoms with Crippen LogP contribution < -0.4 is 11.1 Å². The van der Waals surface area contributed by atoms with Crippen LogP contribution in [0.15, 0.2) is 48.7 Å². The molecule has 3 N–H and O–H groups in total. The van der Waals surface area contributed by atoms with E-state index in [2.05, 4.69) is 29.4 Å². The van der Waals surface area contributed by atoms with E-state index in [0.717, 1.165) is 12.1 Å². The van der Waals surface area contributed by atoms with Gasteiger partial charge in [0.25, 0.3) is 5.91 Å². The second-order valence-corrected chi connectivity index (χ2v) is 4.53. The Balaban J connectivity index is 2.01. The summed E-state index contributed by atoms with van der Waals surface area (Å²) in [5.74, 6) is -0.514. The fourth-order valence-electron chi connectivity index (χ4n) is 1.96. The Labute approximate surface area is 112 Å². The van der Waals surface area contributed by atoms with Gasteiger partial charge in [0.2, 0.25) is 0 Å². The first-order valence-corrected chi connectivity index (χ1v) is 6.21. The van der Waals surface area contributed by atoms with Crippen LogP contribution in [-0.2, 0) is 6.42 Å². The molecule has 0 saturated heterocycles. The molecule has 0 aliphatic carbocycles. The van der Waals surface area contributed by atoms with Gasteiger partial charge in [-0.05, 0) is 31.0 Å². The maximum atomic E-state index is 11.1. The van der Waals surface area contributed by atoms with Gasteiger partial charge < -0.3 is 11.1 Å². The first-order chi connectivity index (χ1) is 9.15. The predicted octanol–water partition coefficient (Wildman–Crippen LogP) is 2.22. The Morgan fingerprint density at radius 1 is 1.32 bits per heavy atom. The average Bonchev–Trinajstić information content (AvgIpc) is 2.40. The van der Waals surface area contributed by atoms with E-state index in [0.29, 0.717) is 0 Å². The van der Waals surface area contributed by atoms with Crippen LogP contribution >= 0.6 is 0 Å². The van der Waals surface area contributed by atoms with Gasteiger partial charge in [-0.2, -0.15) is 0 Å². The number of nitrogens with one attached hydrogen (secondary N) is 1. The van der Waals surface area contributed by atoms with Crippen molar-refractivity contribution in [2.45, 2.75) is 19.4 Å².